The lowest BCUT2D eigenvalue weighted by Gasteiger charge is -2.14. The van der Waals surface area contributed by atoms with Gasteiger partial charge in [0.15, 0.2) is 16.6 Å². The van der Waals surface area contributed by atoms with Crippen LogP contribution in [0.1, 0.15) is 19.4 Å². The number of hydrogen-bond donors (Lipinski definition) is 2. The molecule has 0 atom stereocenters. The van der Waals surface area contributed by atoms with E-state index in [1.54, 1.807) is 12.4 Å². The van der Waals surface area contributed by atoms with Gasteiger partial charge in [-0.05, 0) is 55.9 Å². The highest BCUT2D eigenvalue weighted by atomic mass is 32.1. The Balaban J connectivity index is 1.94. The molecule has 5 nitrogen and oxygen atoms in total. The van der Waals surface area contributed by atoms with E-state index in [0.29, 0.717) is 24.9 Å². The molecule has 2 N–H and O–H groups in total. The zero-order valence-electron chi connectivity index (χ0n) is 13.3. The molecule has 0 aliphatic heterocycles. The van der Waals surface area contributed by atoms with Crippen LogP contribution in [-0.4, -0.2) is 23.3 Å². The Morgan fingerprint density at radius 2 is 1.91 bits per heavy atom. The first-order valence-corrected chi connectivity index (χ1v) is 7.97. The molecule has 23 heavy (non-hydrogen) atoms. The fraction of sp³-hybridized carbons (Fsp3) is 0.294. The maximum Gasteiger partial charge on any atom is 0.171 e. The average molecular weight is 331 g/mol. The number of nitrogens with zero attached hydrogens (tertiary/aromatic N) is 1. The molecule has 1 aromatic heterocycles. The van der Waals surface area contributed by atoms with Crippen molar-refractivity contribution in [3.8, 4) is 11.5 Å². The molecule has 0 saturated heterocycles. The third-order valence-corrected chi connectivity index (χ3v) is 3.23. The van der Waals surface area contributed by atoms with E-state index in [1.165, 1.54) is 0 Å². The van der Waals surface area contributed by atoms with Crippen molar-refractivity contribution < 1.29 is 9.47 Å². The predicted molar refractivity (Wildman–Crippen MR) is 96.1 cm³/mol. The summed E-state index contributed by atoms with van der Waals surface area (Å²) in [6.07, 6.45) is 3.44. The van der Waals surface area contributed by atoms with Crippen LogP contribution in [0.5, 0.6) is 11.5 Å². The van der Waals surface area contributed by atoms with Crippen LogP contribution in [-0.2, 0) is 6.54 Å². The molecule has 6 heteroatoms. The molecular formula is C17H21N3O2S. The lowest BCUT2D eigenvalue weighted by atomic mass is 10.2. The van der Waals surface area contributed by atoms with E-state index in [9.17, 15) is 0 Å². The van der Waals surface area contributed by atoms with Crippen LogP contribution in [0, 0.1) is 0 Å². The van der Waals surface area contributed by atoms with E-state index in [2.05, 4.69) is 15.6 Å². The standard InChI is InChI=1S/C17H21N3O2S/c1-3-21-15-8-7-13(10-16(15)22-4-2)11-19-17(23)20-14-6-5-9-18-12-14/h5-10,12H,3-4,11H2,1-2H3,(H2,19,20,23). The molecule has 2 rings (SSSR count). The summed E-state index contributed by atoms with van der Waals surface area (Å²) >= 11 is 5.28. The number of nitrogens with one attached hydrogen (secondary N) is 2. The van der Waals surface area contributed by atoms with E-state index >= 15 is 0 Å². The van der Waals surface area contributed by atoms with Crippen molar-refractivity contribution in [3.63, 3.8) is 0 Å². The molecule has 0 amide bonds. The predicted octanol–water partition coefficient (Wildman–Crippen LogP) is 3.37. The van der Waals surface area contributed by atoms with Gasteiger partial charge in [-0.1, -0.05) is 6.07 Å². The monoisotopic (exact) mass is 331 g/mol. The maximum atomic E-state index is 5.62. The van der Waals surface area contributed by atoms with Gasteiger partial charge >= 0.3 is 0 Å². The fourth-order valence-electron chi connectivity index (χ4n) is 2.00. The van der Waals surface area contributed by atoms with Crippen molar-refractivity contribution in [2.45, 2.75) is 20.4 Å². The highest BCUT2D eigenvalue weighted by Crippen LogP contribution is 2.28. The molecule has 2 aromatic rings. The second-order valence-electron chi connectivity index (χ2n) is 4.70. The minimum absolute atomic E-state index is 0.546. The minimum Gasteiger partial charge on any atom is -0.490 e. The van der Waals surface area contributed by atoms with Crippen molar-refractivity contribution >= 4 is 23.0 Å². The first-order chi connectivity index (χ1) is 11.2. The first kappa shape index (κ1) is 17.0. The van der Waals surface area contributed by atoms with Crippen LogP contribution < -0.4 is 20.1 Å². The Morgan fingerprint density at radius 3 is 2.61 bits per heavy atom. The van der Waals surface area contributed by atoms with Crippen molar-refractivity contribution in [1.82, 2.24) is 10.3 Å². The Bertz CT molecular complexity index is 635. The molecular weight excluding hydrogens is 310 g/mol. The second-order valence-corrected chi connectivity index (χ2v) is 5.10. The van der Waals surface area contributed by atoms with Gasteiger partial charge in [0.2, 0.25) is 0 Å². The van der Waals surface area contributed by atoms with Crippen molar-refractivity contribution in [2.75, 3.05) is 18.5 Å². The maximum absolute atomic E-state index is 5.62. The molecule has 122 valence electrons. The lowest BCUT2D eigenvalue weighted by Crippen LogP contribution is -2.27. The van der Waals surface area contributed by atoms with Crippen LogP contribution in [0.15, 0.2) is 42.7 Å². The summed E-state index contributed by atoms with van der Waals surface area (Å²) in [4.78, 5) is 4.03. The van der Waals surface area contributed by atoms with Crippen LogP contribution in [0.4, 0.5) is 5.69 Å². The van der Waals surface area contributed by atoms with Crippen LogP contribution in [0.25, 0.3) is 0 Å². The quantitative estimate of drug-likeness (QED) is 0.759. The molecule has 0 saturated carbocycles. The fourth-order valence-corrected chi connectivity index (χ4v) is 2.19. The van der Waals surface area contributed by atoms with E-state index in [-0.39, 0.29) is 0 Å². The Hall–Kier alpha value is -2.34. The lowest BCUT2D eigenvalue weighted by molar-refractivity contribution is 0.287. The van der Waals surface area contributed by atoms with Gasteiger partial charge in [0.25, 0.3) is 0 Å². The van der Waals surface area contributed by atoms with Crippen LogP contribution in [0.2, 0.25) is 0 Å². The van der Waals surface area contributed by atoms with Gasteiger partial charge < -0.3 is 20.1 Å². The highest BCUT2D eigenvalue weighted by molar-refractivity contribution is 7.80. The zero-order chi connectivity index (χ0) is 16.5. The average Bonchev–Trinajstić information content (AvgIpc) is 2.56. The number of thiocarbonyl (C=S) groups is 1. The number of rotatable bonds is 7. The largest absolute Gasteiger partial charge is 0.490 e. The summed E-state index contributed by atoms with van der Waals surface area (Å²) < 4.78 is 11.2. The molecule has 0 aliphatic carbocycles. The van der Waals surface area contributed by atoms with E-state index in [4.69, 9.17) is 21.7 Å². The number of ether oxygens (including phenoxy) is 2. The molecule has 1 aromatic carbocycles. The molecule has 0 radical (unpaired) electrons. The van der Waals surface area contributed by atoms with Gasteiger partial charge in [-0.15, -0.1) is 0 Å². The van der Waals surface area contributed by atoms with Gasteiger partial charge in [-0.25, -0.2) is 0 Å². The van der Waals surface area contributed by atoms with E-state index in [0.717, 1.165) is 22.7 Å². The summed E-state index contributed by atoms with van der Waals surface area (Å²) in [5.74, 6) is 1.51. The summed E-state index contributed by atoms with van der Waals surface area (Å²) in [5.41, 5.74) is 1.92. The third kappa shape index (κ3) is 5.41. The Kier molecular flexibility index (Phi) is 6.62. The number of anilines is 1. The summed E-state index contributed by atoms with van der Waals surface area (Å²) in [5, 5.41) is 6.80. The zero-order valence-corrected chi connectivity index (χ0v) is 14.2. The topological polar surface area (TPSA) is 55.4 Å². The van der Waals surface area contributed by atoms with Gasteiger partial charge in [0.05, 0.1) is 25.1 Å². The summed E-state index contributed by atoms with van der Waals surface area (Å²) in [7, 11) is 0. The van der Waals surface area contributed by atoms with Crippen molar-refractivity contribution in [2.24, 2.45) is 0 Å². The van der Waals surface area contributed by atoms with Crippen LogP contribution >= 0.6 is 12.2 Å². The number of aromatic nitrogens is 1. The van der Waals surface area contributed by atoms with Gasteiger partial charge in [0, 0.05) is 12.7 Å². The van der Waals surface area contributed by atoms with E-state index < -0.39 is 0 Å². The smallest absolute Gasteiger partial charge is 0.171 e. The van der Waals surface area contributed by atoms with E-state index in [1.807, 2.05) is 44.2 Å². The Morgan fingerprint density at radius 1 is 1.13 bits per heavy atom. The number of benzene rings is 1. The summed E-state index contributed by atoms with van der Waals surface area (Å²) in [6, 6.07) is 9.64. The van der Waals surface area contributed by atoms with Gasteiger partial charge in [-0.3, -0.25) is 4.98 Å². The number of pyridine rings is 1. The number of hydrogen-bond acceptors (Lipinski definition) is 4. The molecule has 0 unspecified atom stereocenters. The second kappa shape index (κ2) is 8.95. The summed E-state index contributed by atoms with van der Waals surface area (Å²) in [6.45, 7) is 5.70. The van der Waals surface area contributed by atoms with Crippen LogP contribution in [0.3, 0.4) is 0 Å². The molecule has 0 aliphatic rings. The van der Waals surface area contributed by atoms with Gasteiger partial charge in [0.1, 0.15) is 0 Å². The molecule has 0 bridgehead atoms. The molecule has 0 fully saturated rings. The minimum atomic E-state index is 0.546. The SMILES string of the molecule is CCOc1ccc(CNC(=S)Nc2cccnc2)cc1OCC. The van der Waals surface area contributed by atoms with Crippen molar-refractivity contribution in [1.29, 1.82) is 0 Å². The van der Waals surface area contributed by atoms with Gasteiger partial charge in [-0.2, -0.15) is 0 Å². The van der Waals surface area contributed by atoms with Crippen molar-refractivity contribution in [3.05, 3.63) is 48.3 Å². The third-order valence-electron chi connectivity index (χ3n) is 2.98. The normalized spacial score (nSPS) is 10.0. The highest BCUT2D eigenvalue weighted by Gasteiger charge is 2.06. The molecule has 1 heterocycles. The first-order valence-electron chi connectivity index (χ1n) is 7.56. The molecule has 0 spiro atoms. The Labute approximate surface area is 142 Å².